The second-order valence-corrected chi connectivity index (χ2v) is 7.53. The number of hydrogen-bond donors (Lipinski definition) is 2. The Bertz CT molecular complexity index is 854. The number of anilines is 3. The molecule has 2 N–H and O–H groups in total. The van der Waals surface area contributed by atoms with Gasteiger partial charge in [-0.05, 0) is 43.4 Å². The van der Waals surface area contributed by atoms with Crippen LogP contribution in [0.3, 0.4) is 0 Å². The highest BCUT2D eigenvalue weighted by Crippen LogP contribution is 2.32. The Hall–Kier alpha value is -2.74. The maximum atomic E-state index is 12.9. The maximum Gasteiger partial charge on any atom is 0.246 e. The second-order valence-electron chi connectivity index (χ2n) is 7.53. The summed E-state index contributed by atoms with van der Waals surface area (Å²) >= 11 is 0. The summed E-state index contributed by atoms with van der Waals surface area (Å²) in [7, 11) is 1.86. The zero-order valence-corrected chi connectivity index (χ0v) is 16.0. The van der Waals surface area contributed by atoms with Gasteiger partial charge in [0.05, 0.1) is 12.8 Å². The summed E-state index contributed by atoms with van der Waals surface area (Å²) in [4.78, 5) is 22.6. The van der Waals surface area contributed by atoms with Gasteiger partial charge in [-0.2, -0.15) is 4.98 Å². The molecule has 8 heteroatoms. The summed E-state index contributed by atoms with van der Waals surface area (Å²) in [5.41, 5.74) is 1.61. The topological polar surface area (TPSA) is 79.4 Å². The molecule has 1 amide bonds. The highest BCUT2D eigenvalue weighted by Gasteiger charge is 2.31. The molecule has 0 saturated heterocycles. The van der Waals surface area contributed by atoms with Crippen molar-refractivity contribution in [3.63, 3.8) is 0 Å². The number of carbonyl (C=O) groups is 1. The van der Waals surface area contributed by atoms with Crippen LogP contribution in [-0.2, 0) is 16.1 Å². The lowest BCUT2D eigenvalue weighted by Gasteiger charge is -2.36. The lowest BCUT2D eigenvalue weighted by Crippen LogP contribution is -2.44. The number of ether oxygens (including phenoxy) is 1. The van der Waals surface area contributed by atoms with Gasteiger partial charge in [0, 0.05) is 19.7 Å². The number of nitrogens with zero attached hydrogens (tertiary/aromatic N) is 3. The highest BCUT2D eigenvalue weighted by molar-refractivity contribution is 6.02. The smallest absolute Gasteiger partial charge is 0.246 e. The van der Waals surface area contributed by atoms with Crippen LogP contribution in [0.4, 0.5) is 21.8 Å². The van der Waals surface area contributed by atoms with Gasteiger partial charge in [-0.3, -0.25) is 4.79 Å². The molecule has 7 nitrogen and oxygen atoms in total. The van der Waals surface area contributed by atoms with E-state index in [-0.39, 0.29) is 17.8 Å². The number of rotatable bonds is 6. The van der Waals surface area contributed by atoms with Gasteiger partial charge < -0.3 is 20.3 Å². The van der Waals surface area contributed by atoms with E-state index >= 15 is 0 Å². The van der Waals surface area contributed by atoms with Crippen LogP contribution in [0.25, 0.3) is 0 Å². The first-order valence-corrected chi connectivity index (χ1v) is 9.49. The van der Waals surface area contributed by atoms with Crippen LogP contribution >= 0.6 is 0 Å². The third-order valence-electron chi connectivity index (χ3n) is 5.43. The van der Waals surface area contributed by atoms with Crippen molar-refractivity contribution in [1.82, 2.24) is 9.97 Å². The fraction of sp³-hybridized carbons (Fsp3) is 0.450. The van der Waals surface area contributed by atoms with Crippen LogP contribution in [0.15, 0.2) is 30.5 Å². The van der Waals surface area contributed by atoms with Gasteiger partial charge in [0.1, 0.15) is 17.5 Å². The van der Waals surface area contributed by atoms with Crippen molar-refractivity contribution >= 4 is 23.4 Å². The monoisotopic (exact) mass is 385 g/mol. The van der Waals surface area contributed by atoms with Gasteiger partial charge >= 0.3 is 0 Å². The summed E-state index contributed by atoms with van der Waals surface area (Å²) in [6.07, 6.45) is 3.63. The lowest BCUT2D eigenvalue weighted by molar-refractivity contribution is -0.117. The average Bonchev–Trinajstić information content (AvgIpc) is 2.66. The van der Waals surface area contributed by atoms with Gasteiger partial charge in [-0.25, -0.2) is 9.37 Å². The summed E-state index contributed by atoms with van der Waals surface area (Å²) < 4.78 is 18.6. The Labute approximate surface area is 163 Å². The molecule has 0 spiro atoms. The van der Waals surface area contributed by atoms with Crippen molar-refractivity contribution in [3.8, 4) is 0 Å². The van der Waals surface area contributed by atoms with E-state index in [0.29, 0.717) is 36.8 Å². The minimum atomic E-state index is -0.262. The summed E-state index contributed by atoms with van der Waals surface area (Å²) in [5.74, 6) is 1.51. The van der Waals surface area contributed by atoms with Crippen molar-refractivity contribution in [1.29, 1.82) is 0 Å². The molecule has 148 valence electrons. The SMILES string of the molecule is C[C@H]1C(=O)Nc2cnc(NC3CC(COCc4ccc(F)cc4)C3)nc2N1C. The zero-order chi connectivity index (χ0) is 19.7. The molecular formula is C20H24FN5O2. The molecule has 0 unspecified atom stereocenters. The number of nitrogens with one attached hydrogen (secondary N) is 2. The van der Waals surface area contributed by atoms with Crippen LogP contribution in [0.2, 0.25) is 0 Å². The van der Waals surface area contributed by atoms with Gasteiger partial charge in [0.15, 0.2) is 5.82 Å². The second kappa shape index (κ2) is 7.71. The van der Waals surface area contributed by atoms with E-state index in [9.17, 15) is 9.18 Å². The summed E-state index contributed by atoms with van der Waals surface area (Å²) in [5, 5.41) is 6.19. The van der Waals surface area contributed by atoms with Crippen molar-refractivity contribution in [3.05, 3.63) is 41.8 Å². The molecule has 4 rings (SSSR count). The van der Waals surface area contributed by atoms with Gasteiger partial charge in [-0.1, -0.05) is 12.1 Å². The van der Waals surface area contributed by atoms with Gasteiger partial charge in [-0.15, -0.1) is 0 Å². The third kappa shape index (κ3) is 3.91. The van der Waals surface area contributed by atoms with E-state index in [2.05, 4.69) is 20.6 Å². The first-order chi connectivity index (χ1) is 13.5. The van der Waals surface area contributed by atoms with E-state index < -0.39 is 0 Å². The number of benzene rings is 1. The number of fused-ring (bicyclic) bond motifs is 1. The van der Waals surface area contributed by atoms with E-state index in [4.69, 9.17) is 4.74 Å². The predicted molar refractivity (Wildman–Crippen MR) is 105 cm³/mol. The molecule has 1 fully saturated rings. The van der Waals surface area contributed by atoms with Crippen LogP contribution in [0, 0.1) is 11.7 Å². The van der Waals surface area contributed by atoms with Crippen molar-refractivity contribution < 1.29 is 13.9 Å². The molecule has 0 bridgehead atoms. The molecule has 1 aromatic carbocycles. The summed E-state index contributed by atoms with van der Waals surface area (Å²) in [6.45, 7) is 3.03. The number of carbonyl (C=O) groups excluding carboxylic acids is 1. The van der Waals surface area contributed by atoms with E-state index in [0.717, 1.165) is 24.2 Å². The van der Waals surface area contributed by atoms with Crippen molar-refractivity contribution in [2.45, 2.75) is 38.5 Å². The summed E-state index contributed by atoms with van der Waals surface area (Å²) in [6, 6.07) is 6.44. The molecule has 1 aliphatic carbocycles. The Morgan fingerprint density at radius 2 is 2.07 bits per heavy atom. The third-order valence-corrected chi connectivity index (χ3v) is 5.43. The number of amides is 1. The highest BCUT2D eigenvalue weighted by atomic mass is 19.1. The molecule has 1 aliphatic heterocycles. The van der Waals surface area contributed by atoms with E-state index in [1.807, 2.05) is 18.9 Å². The molecule has 1 aromatic heterocycles. The Morgan fingerprint density at radius 1 is 1.32 bits per heavy atom. The van der Waals surface area contributed by atoms with Crippen molar-refractivity contribution in [2.75, 3.05) is 29.2 Å². The fourth-order valence-electron chi connectivity index (χ4n) is 3.49. The van der Waals surface area contributed by atoms with Crippen LogP contribution in [-0.4, -0.2) is 41.6 Å². The van der Waals surface area contributed by atoms with E-state index in [1.165, 1.54) is 12.1 Å². The largest absolute Gasteiger partial charge is 0.376 e. The molecule has 1 saturated carbocycles. The van der Waals surface area contributed by atoms with Gasteiger partial charge in [0.25, 0.3) is 0 Å². The standard InChI is InChI=1S/C20H24FN5O2/c1-12-19(27)24-17-9-22-20(25-18(17)26(12)2)23-16-7-14(8-16)11-28-10-13-3-5-15(21)6-4-13/h3-6,9,12,14,16H,7-8,10-11H2,1-2H3,(H,24,27)(H,22,23,25)/t12-,14?,16?/m0/s1. The zero-order valence-electron chi connectivity index (χ0n) is 16.0. The number of halogens is 1. The molecule has 0 radical (unpaired) electrons. The van der Waals surface area contributed by atoms with Crippen LogP contribution in [0.5, 0.6) is 0 Å². The molecule has 2 aromatic rings. The average molecular weight is 385 g/mol. The predicted octanol–water partition coefficient (Wildman–Crippen LogP) is 2.80. The molecule has 28 heavy (non-hydrogen) atoms. The molecule has 2 heterocycles. The Morgan fingerprint density at radius 3 is 2.82 bits per heavy atom. The number of hydrogen-bond acceptors (Lipinski definition) is 6. The maximum absolute atomic E-state index is 12.9. The molecule has 1 atom stereocenters. The number of aromatic nitrogens is 2. The fourth-order valence-corrected chi connectivity index (χ4v) is 3.49. The minimum Gasteiger partial charge on any atom is -0.376 e. The lowest BCUT2D eigenvalue weighted by atomic mass is 9.81. The van der Waals surface area contributed by atoms with Crippen LogP contribution < -0.4 is 15.5 Å². The Kier molecular flexibility index (Phi) is 5.13. The molecular weight excluding hydrogens is 361 g/mol. The van der Waals surface area contributed by atoms with Crippen LogP contribution in [0.1, 0.15) is 25.3 Å². The van der Waals surface area contributed by atoms with E-state index in [1.54, 1.807) is 18.3 Å². The first kappa shape index (κ1) is 18.6. The van der Waals surface area contributed by atoms with Crippen molar-refractivity contribution in [2.24, 2.45) is 5.92 Å². The Balaban J connectivity index is 1.24. The van der Waals surface area contributed by atoms with Gasteiger partial charge in [0.2, 0.25) is 11.9 Å². The molecule has 2 aliphatic rings. The number of likely N-dealkylation sites (N-methyl/N-ethyl adjacent to an activating group) is 1. The first-order valence-electron chi connectivity index (χ1n) is 9.49. The normalized spacial score (nSPS) is 23.6. The minimum absolute atomic E-state index is 0.0539. The quantitative estimate of drug-likeness (QED) is 0.796.